The number of aliphatic hydroxyl groups excluding tert-OH is 1. The monoisotopic (exact) mass is 443 g/mol. The van der Waals surface area contributed by atoms with Gasteiger partial charge in [0.15, 0.2) is 0 Å². The van der Waals surface area contributed by atoms with E-state index >= 15 is 0 Å². The fourth-order valence-electron chi connectivity index (χ4n) is 4.94. The van der Waals surface area contributed by atoms with Gasteiger partial charge >= 0.3 is 0 Å². The molecule has 0 amide bonds. The lowest BCUT2D eigenvalue weighted by molar-refractivity contribution is 0.313. The largest absolute Gasteiger partial charge is 0.508 e. The second-order valence-corrected chi connectivity index (χ2v) is 9.62. The molecule has 5 nitrogen and oxygen atoms in total. The predicted octanol–water partition coefficient (Wildman–Crippen LogP) is 5.27. The predicted molar refractivity (Wildman–Crippen MR) is 131 cm³/mol. The number of allylic oxidation sites excluding steroid dienone is 7. The number of thiophene rings is 1. The molecule has 0 saturated carbocycles. The fourth-order valence-corrected chi connectivity index (χ4v) is 6.12. The molecule has 6 heteroatoms. The van der Waals surface area contributed by atoms with Crippen LogP contribution in [-0.4, -0.2) is 24.4 Å². The van der Waals surface area contributed by atoms with E-state index < -0.39 is 0 Å². The second-order valence-electron chi connectivity index (χ2n) is 8.54. The smallest absolute Gasteiger partial charge is 0.287 e. The Bertz CT molecular complexity index is 1280. The SMILES string of the molecule is COC1=NC(c2ccc3sc4c(c3c2)CC2C=CC=CC2=C4)NC(C2=C(O)C=CCC2)N1. The molecule has 0 saturated heterocycles. The molecule has 1 aliphatic heterocycles. The lowest BCUT2D eigenvalue weighted by atomic mass is 9.83. The van der Waals surface area contributed by atoms with Crippen LogP contribution in [0.4, 0.5) is 0 Å². The number of hydrogen-bond donors (Lipinski definition) is 3. The third-order valence-corrected chi connectivity index (χ3v) is 7.78. The van der Waals surface area contributed by atoms with Crippen LogP contribution >= 0.6 is 11.3 Å². The number of nitrogens with zero attached hydrogens (tertiary/aromatic N) is 1. The van der Waals surface area contributed by atoms with Gasteiger partial charge in [0.2, 0.25) is 0 Å². The molecule has 3 unspecified atom stereocenters. The highest BCUT2D eigenvalue weighted by Crippen LogP contribution is 2.42. The first-order valence-electron chi connectivity index (χ1n) is 11.0. The van der Waals surface area contributed by atoms with E-state index in [0.29, 0.717) is 17.7 Å². The Hall–Kier alpha value is -3.09. The van der Waals surface area contributed by atoms with E-state index in [1.165, 1.54) is 26.1 Å². The second kappa shape index (κ2) is 7.80. The molecule has 3 aliphatic carbocycles. The molecule has 0 fully saturated rings. The molecule has 2 aromatic rings. The van der Waals surface area contributed by atoms with Gasteiger partial charge in [0, 0.05) is 21.1 Å². The zero-order valence-electron chi connectivity index (χ0n) is 17.8. The van der Waals surface area contributed by atoms with Crippen LogP contribution in [0.3, 0.4) is 0 Å². The van der Waals surface area contributed by atoms with Crippen molar-refractivity contribution in [3.63, 3.8) is 0 Å². The summed E-state index contributed by atoms with van der Waals surface area (Å²) in [6.07, 6.45) is 17.2. The van der Waals surface area contributed by atoms with Crippen molar-refractivity contribution < 1.29 is 9.84 Å². The molecule has 162 valence electrons. The maximum Gasteiger partial charge on any atom is 0.287 e. The normalized spacial score (nSPS) is 26.3. The maximum absolute atomic E-state index is 10.4. The van der Waals surface area contributed by atoms with E-state index in [2.05, 4.69) is 59.2 Å². The minimum Gasteiger partial charge on any atom is -0.508 e. The van der Waals surface area contributed by atoms with Crippen LogP contribution in [0.1, 0.15) is 35.0 Å². The summed E-state index contributed by atoms with van der Waals surface area (Å²) in [4.78, 5) is 6.10. The molecular weight excluding hydrogens is 418 g/mol. The molecule has 0 bridgehead atoms. The van der Waals surface area contributed by atoms with Crippen molar-refractivity contribution in [3.8, 4) is 0 Å². The lowest BCUT2D eigenvalue weighted by Gasteiger charge is -2.33. The Labute approximate surface area is 191 Å². The van der Waals surface area contributed by atoms with Crippen molar-refractivity contribution in [3.05, 3.63) is 87.6 Å². The van der Waals surface area contributed by atoms with E-state index in [-0.39, 0.29) is 12.3 Å². The Morgan fingerprint density at radius 3 is 3.03 bits per heavy atom. The number of ether oxygens (including phenoxy) is 1. The molecule has 3 atom stereocenters. The van der Waals surface area contributed by atoms with Crippen LogP contribution in [0.2, 0.25) is 0 Å². The molecule has 6 rings (SSSR count). The number of nitrogens with one attached hydrogen (secondary N) is 2. The molecule has 3 N–H and O–H groups in total. The van der Waals surface area contributed by atoms with E-state index in [0.717, 1.165) is 30.4 Å². The number of amidine groups is 1. The average molecular weight is 444 g/mol. The molecule has 32 heavy (non-hydrogen) atoms. The van der Waals surface area contributed by atoms with Gasteiger partial charge in [0.05, 0.1) is 7.11 Å². The summed E-state index contributed by atoms with van der Waals surface area (Å²) in [7, 11) is 1.62. The summed E-state index contributed by atoms with van der Waals surface area (Å²) < 4.78 is 6.79. The molecule has 0 spiro atoms. The highest BCUT2D eigenvalue weighted by molar-refractivity contribution is 7.20. The number of benzene rings is 1. The van der Waals surface area contributed by atoms with E-state index in [1.54, 1.807) is 13.2 Å². The molecule has 2 heterocycles. The topological polar surface area (TPSA) is 65.9 Å². The summed E-state index contributed by atoms with van der Waals surface area (Å²) in [6, 6.07) is 7.11. The van der Waals surface area contributed by atoms with Crippen LogP contribution < -0.4 is 10.6 Å². The Morgan fingerprint density at radius 2 is 2.16 bits per heavy atom. The number of aliphatic imine (C=N–C) groups is 1. The number of rotatable bonds is 2. The van der Waals surface area contributed by atoms with Gasteiger partial charge in [-0.25, -0.2) is 4.99 Å². The first kappa shape index (κ1) is 19.6. The minimum atomic E-state index is -0.255. The fraction of sp³-hybridized carbons (Fsp3) is 0.269. The third kappa shape index (κ3) is 3.31. The molecule has 1 aromatic heterocycles. The zero-order chi connectivity index (χ0) is 21.7. The zero-order valence-corrected chi connectivity index (χ0v) is 18.7. The summed E-state index contributed by atoms with van der Waals surface area (Å²) in [6.45, 7) is 0. The van der Waals surface area contributed by atoms with E-state index in [4.69, 9.17) is 9.73 Å². The van der Waals surface area contributed by atoms with Gasteiger partial charge < -0.3 is 15.2 Å². The number of aliphatic hydroxyl groups is 1. The van der Waals surface area contributed by atoms with Crippen molar-refractivity contribution in [1.82, 2.24) is 10.6 Å². The van der Waals surface area contributed by atoms with Gasteiger partial charge in [-0.1, -0.05) is 36.4 Å². The quantitative estimate of drug-likeness (QED) is 0.592. The standard InChI is InChI=1S/C26H25N3O2S/c1-31-26-28-24(27-25(29-26)18-8-4-5-9-21(18)30)17-10-11-22-19(13-17)20-12-15-6-2-3-7-16(15)14-23(20)32-22/h2-3,5-7,9-11,13-15,24-25,27,30H,4,8,12H2,1H3,(H,28,29). The number of fused-ring (bicyclic) bond motifs is 4. The van der Waals surface area contributed by atoms with E-state index in [1.807, 2.05) is 17.4 Å². The van der Waals surface area contributed by atoms with Gasteiger partial charge in [-0.15, -0.1) is 11.3 Å². The summed E-state index contributed by atoms with van der Waals surface area (Å²) in [5.74, 6) is 0.777. The van der Waals surface area contributed by atoms with Gasteiger partial charge in [0.1, 0.15) is 18.1 Å². The minimum absolute atomic E-state index is 0.228. The third-order valence-electron chi connectivity index (χ3n) is 6.62. The molecule has 0 radical (unpaired) electrons. The van der Waals surface area contributed by atoms with E-state index in [9.17, 15) is 5.11 Å². The maximum atomic E-state index is 10.4. The van der Waals surface area contributed by atoms with Gasteiger partial charge in [-0.05, 0) is 65.6 Å². The Morgan fingerprint density at radius 1 is 1.22 bits per heavy atom. The van der Waals surface area contributed by atoms with Gasteiger partial charge in [0.25, 0.3) is 6.02 Å². The van der Waals surface area contributed by atoms with Crippen LogP contribution in [0.5, 0.6) is 0 Å². The molecule has 1 aromatic carbocycles. The Balaban J connectivity index is 1.38. The van der Waals surface area contributed by atoms with Crippen molar-refractivity contribution in [2.24, 2.45) is 10.9 Å². The number of hydrogen-bond acceptors (Lipinski definition) is 6. The van der Waals surface area contributed by atoms with Gasteiger partial charge in [-0.3, -0.25) is 5.32 Å². The highest BCUT2D eigenvalue weighted by Gasteiger charge is 2.29. The summed E-state index contributed by atoms with van der Waals surface area (Å²) in [5, 5.41) is 18.5. The molecule has 4 aliphatic rings. The lowest BCUT2D eigenvalue weighted by Crippen LogP contribution is -2.52. The summed E-state index contributed by atoms with van der Waals surface area (Å²) >= 11 is 1.86. The highest BCUT2D eigenvalue weighted by atomic mass is 32.1. The first-order chi connectivity index (χ1) is 15.7. The van der Waals surface area contributed by atoms with Gasteiger partial charge in [-0.2, -0.15) is 0 Å². The van der Waals surface area contributed by atoms with Crippen LogP contribution in [-0.2, 0) is 11.2 Å². The first-order valence-corrected chi connectivity index (χ1v) is 11.9. The Kier molecular flexibility index (Phi) is 4.77. The van der Waals surface area contributed by atoms with Crippen molar-refractivity contribution in [2.75, 3.05) is 7.11 Å². The van der Waals surface area contributed by atoms with Crippen molar-refractivity contribution >= 4 is 33.5 Å². The van der Waals surface area contributed by atoms with Crippen molar-refractivity contribution in [1.29, 1.82) is 0 Å². The average Bonchev–Trinajstić information content (AvgIpc) is 3.19. The number of methoxy groups -OCH3 is 1. The van der Waals surface area contributed by atoms with Crippen LogP contribution in [0.15, 0.2) is 76.6 Å². The summed E-state index contributed by atoms with van der Waals surface area (Å²) in [5.41, 5.74) is 4.86. The van der Waals surface area contributed by atoms with Crippen molar-refractivity contribution in [2.45, 2.75) is 31.6 Å². The van der Waals surface area contributed by atoms with Crippen LogP contribution in [0, 0.1) is 5.92 Å². The molecular formula is C26H25N3O2S. The van der Waals surface area contributed by atoms with Crippen LogP contribution in [0.25, 0.3) is 16.2 Å².